The number of carbonyl (C=O) groups is 1. The van der Waals surface area contributed by atoms with Crippen molar-refractivity contribution < 1.29 is 22.5 Å². The minimum atomic E-state index is -5.04. The highest BCUT2D eigenvalue weighted by Gasteiger charge is 2.43. The first-order valence-corrected chi connectivity index (χ1v) is 8.39. The number of hydrogen-bond acceptors (Lipinski definition) is 2. The van der Waals surface area contributed by atoms with E-state index in [9.17, 15) is 22.5 Å². The molecule has 0 radical (unpaired) electrons. The van der Waals surface area contributed by atoms with Gasteiger partial charge in [0.15, 0.2) is 0 Å². The van der Waals surface area contributed by atoms with Gasteiger partial charge in [0.05, 0.1) is 0 Å². The van der Waals surface area contributed by atoms with Gasteiger partial charge in [-0.25, -0.2) is 9.34 Å². The maximum Gasteiger partial charge on any atom is 0.471 e. The monoisotopic (exact) mass is 329 g/mol. The highest BCUT2D eigenvalue weighted by molar-refractivity contribution is 7.63. The summed E-state index contributed by atoms with van der Waals surface area (Å²) in [6, 6.07) is 0. The van der Waals surface area contributed by atoms with E-state index in [0.717, 1.165) is 0 Å². The molecule has 0 atom stereocenters. The van der Waals surface area contributed by atoms with Crippen LogP contribution in [0.15, 0.2) is 12.0 Å². The van der Waals surface area contributed by atoms with Crippen LogP contribution in [0.5, 0.6) is 0 Å². The lowest BCUT2D eigenvalue weighted by molar-refractivity contribution is -0.172. The zero-order valence-electron chi connectivity index (χ0n) is 12.8. The van der Waals surface area contributed by atoms with E-state index in [-0.39, 0.29) is 0 Å². The van der Waals surface area contributed by atoms with Crippen LogP contribution in [0.3, 0.4) is 0 Å². The molecule has 124 valence electrons. The Balaban J connectivity index is 5.56. The normalized spacial score (nSPS) is 12.8. The van der Waals surface area contributed by atoms with E-state index in [4.69, 9.17) is 0 Å². The van der Waals surface area contributed by atoms with E-state index in [1.165, 1.54) is 9.34 Å². The van der Waals surface area contributed by atoms with Crippen molar-refractivity contribution in [1.29, 1.82) is 0 Å². The number of alkyl halides is 3. The van der Waals surface area contributed by atoms with Crippen molar-refractivity contribution >= 4 is 13.4 Å². The third-order valence-electron chi connectivity index (χ3n) is 3.09. The first kappa shape index (κ1) is 20.1. The van der Waals surface area contributed by atoms with E-state index in [1.54, 1.807) is 33.0 Å². The Hall–Kier alpha value is -0.850. The van der Waals surface area contributed by atoms with Crippen molar-refractivity contribution in [2.45, 2.75) is 33.9 Å². The average Bonchev–Trinajstić information content (AvgIpc) is 2.40. The maximum atomic E-state index is 13.3. The standard InChI is InChI=1S/C12H23F3N3O2P/c1-6-17(7-2)21(20,18(8-3)9-4)10(5)16-11(19)12(13,14)15/h5-9H2,1-4H3,(H,16,19). The van der Waals surface area contributed by atoms with Crippen LogP contribution < -0.4 is 5.32 Å². The van der Waals surface area contributed by atoms with Crippen LogP contribution in [0, 0.1) is 0 Å². The summed E-state index contributed by atoms with van der Waals surface area (Å²) in [5.41, 5.74) is -0.405. The predicted molar refractivity (Wildman–Crippen MR) is 76.8 cm³/mol. The smallest absolute Gasteiger partial charge is 0.314 e. The molecule has 0 saturated carbocycles. The summed E-state index contributed by atoms with van der Waals surface area (Å²) in [4.78, 5) is 11.1. The summed E-state index contributed by atoms with van der Waals surface area (Å²) in [7, 11) is -3.51. The van der Waals surface area contributed by atoms with Crippen LogP contribution in [0.25, 0.3) is 0 Å². The molecule has 0 aromatic rings. The SMILES string of the molecule is C=C(NC(=O)C(F)(F)F)P(=O)(N(CC)CC)N(CC)CC. The zero-order valence-corrected chi connectivity index (χ0v) is 13.7. The quantitative estimate of drug-likeness (QED) is 0.696. The van der Waals surface area contributed by atoms with Gasteiger partial charge in [0.25, 0.3) is 7.44 Å². The van der Waals surface area contributed by atoms with E-state index >= 15 is 0 Å². The second-order valence-electron chi connectivity index (χ2n) is 4.22. The molecule has 21 heavy (non-hydrogen) atoms. The summed E-state index contributed by atoms with van der Waals surface area (Å²) >= 11 is 0. The van der Waals surface area contributed by atoms with Gasteiger partial charge < -0.3 is 5.32 Å². The topological polar surface area (TPSA) is 52.7 Å². The van der Waals surface area contributed by atoms with Crippen LogP contribution in [0.2, 0.25) is 0 Å². The highest BCUT2D eigenvalue weighted by Crippen LogP contribution is 2.58. The Morgan fingerprint density at radius 3 is 1.62 bits per heavy atom. The van der Waals surface area contributed by atoms with Crippen LogP contribution in [-0.4, -0.2) is 47.6 Å². The highest BCUT2D eigenvalue weighted by atomic mass is 31.2. The second-order valence-corrected chi connectivity index (χ2v) is 6.98. The van der Waals surface area contributed by atoms with Crippen LogP contribution in [-0.2, 0) is 9.36 Å². The van der Waals surface area contributed by atoms with E-state index < -0.39 is 25.0 Å². The van der Waals surface area contributed by atoms with Gasteiger partial charge in [-0.05, 0) is 0 Å². The van der Waals surface area contributed by atoms with Crippen molar-refractivity contribution in [3.63, 3.8) is 0 Å². The van der Waals surface area contributed by atoms with Crippen LogP contribution in [0.4, 0.5) is 13.2 Å². The largest absolute Gasteiger partial charge is 0.471 e. The van der Waals surface area contributed by atoms with Gasteiger partial charge in [0, 0.05) is 26.2 Å². The van der Waals surface area contributed by atoms with Crippen molar-refractivity contribution in [2.75, 3.05) is 26.2 Å². The van der Waals surface area contributed by atoms with Gasteiger partial charge in [-0.1, -0.05) is 34.3 Å². The number of halogens is 3. The molecule has 0 rings (SSSR count). The Bertz CT molecular complexity index is 402. The molecule has 0 heterocycles. The van der Waals surface area contributed by atoms with E-state index in [0.29, 0.717) is 26.2 Å². The lowest BCUT2D eigenvalue weighted by Crippen LogP contribution is -2.40. The summed E-state index contributed by atoms with van der Waals surface area (Å²) in [5, 5.41) is 1.65. The fraction of sp³-hybridized carbons (Fsp3) is 0.750. The Morgan fingerprint density at radius 1 is 1.05 bits per heavy atom. The molecule has 0 spiro atoms. The molecule has 9 heteroatoms. The van der Waals surface area contributed by atoms with E-state index in [2.05, 4.69) is 6.58 Å². The molecule has 0 bridgehead atoms. The lowest BCUT2D eigenvalue weighted by atomic mass is 10.6. The van der Waals surface area contributed by atoms with Crippen molar-refractivity contribution in [2.24, 2.45) is 0 Å². The predicted octanol–water partition coefficient (Wildman–Crippen LogP) is 3.01. The number of nitrogens with one attached hydrogen (secondary N) is 1. The molecule has 0 fully saturated rings. The van der Waals surface area contributed by atoms with Crippen molar-refractivity contribution in [3.05, 3.63) is 12.0 Å². The third kappa shape index (κ3) is 4.56. The fourth-order valence-corrected chi connectivity index (χ4v) is 4.83. The number of carbonyl (C=O) groups excluding carboxylic acids is 1. The molecule has 0 aliphatic heterocycles. The number of hydrogen-bond donors (Lipinski definition) is 1. The third-order valence-corrected chi connectivity index (χ3v) is 6.57. The number of amides is 1. The summed E-state index contributed by atoms with van der Waals surface area (Å²) in [6.07, 6.45) is -5.04. The minimum absolute atomic E-state index is 0.366. The molecule has 1 amide bonds. The molecule has 0 aromatic carbocycles. The molecule has 5 nitrogen and oxygen atoms in total. The fourth-order valence-electron chi connectivity index (χ4n) is 2.01. The molecule has 0 aromatic heterocycles. The Kier molecular flexibility index (Phi) is 7.64. The summed E-state index contributed by atoms with van der Waals surface area (Å²) in [6.45, 7) is 11.9. The minimum Gasteiger partial charge on any atom is -0.314 e. The molecular weight excluding hydrogens is 306 g/mol. The first-order chi connectivity index (χ1) is 9.59. The first-order valence-electron chi connectivity index (χ1n) is 6.77. The van der Waals surface area contributed by atoms with Gasteiger partial charge in [0.2, 0.25) is 0 Å². The summed E-state index contributed by atoms with van der Waals surface area (Å²) < 4.78 is 53.4. The molecule has 0 saturated heterocycles. The average molecular weight is 329 g/mol. The Labute approximate surface area is 123 Å². The molecule has 0 unspecified atom stereocenters. The van der Waals surface area contributed by atoms with Crippen LogP contribution in [0.1, 0.15) is 27.7 Å². The molecule has 1 N–H and O–H groups in total. The van der Waals surface area contributed by atoms with Crippen molar-refractivity contribution in [3.8, 4) is 0 Å². The molecule has 0 aliphatic rings. The van der Waals surface area contributed by atoms with Gasteiger partial charge in [-0.3, -0.25) is 9.36 Å². The summed E-state index contributed by atoms with van der Waals surface area (Å²) in [5.74, 6) is -2.16. The molecular formula is C12H23F3N3O2P. The number of nitrogens with zero attached hydrogens (tertiary/aromatic N) is 2. The lowest BCUT2D eigenvalue weighted by Gasteiger charge is -2.38. The van der Waals surface area contributed by atoms with Crippen LogP contribution >= 0.6 is 7.44 Å². The van der Waals surface area contributed by atoms with Crippen molar-refractivity contribution in [1.82, 2.24) is 14.7 Å². The maximum absolute atomic E-state index is 13.3. The number of rotatable bonds is 8. The van der Waals surface area contributed by atoms with Gasteiger partial charge in [-0.2, -0.15) is 13.2 Å². The molecule has 0 aliphatic carbocycles. The van der Waals surface area contributed by atoms with Gasteiger partial charge in [0.1, 0.15) is 5.44 Å². The second kappa shape index (κ2) is 7.96. The Morgan fingerprint density at radius 2 is 1.38 bits per heavy atom. The van der Waals surface area contributed by atoms with E-state index in [1.807, 2.05) is 0 Å². The van der Waals surface area contributed by atoms with Gasteiger partial charge in [-0.15, -0.1) is 0 Å². The zero-order chi connectivity index (χ0) is 16.8. The van der Waals surface area contributed by atoms with Gasteiger partial charge >= 0.3 is 12.1 Å².